The molecule has 0 aromatic heterocycles. The lowest BCUT2D eigenvalue weighted by Gasteiger charge is -2.25. The fourth-order valence-electron chi connectivity index (χ4n) is 2.50. The quantitative estimate of drug-likeness (QED) is 0.924. The molecule has 0 saturated carbocycles. The summed E-state index contributed by atoms with van der Waals surface area (Å²) in [5.74, 6) is -0.165. The highest BCUT2D eigenvalue weighted by atomic mass is 16.1. The molecular weight excluding hydrogens is 286 g/mol. The van der Waals surface area contributed by atoms with Gasteiger partial charge in [0.1, 0.15) is 0 Å². The van der Waals surface area contributed by atoms with Gasteiger partial charge in [-0.1, -0.05) is 35.9 Å². The minimum absolute atomic E-state index is 0.0954. The van der Waals surface area contributed by atoms with E-state index in [4.69, 9.17) is 5.26 Å². The van der Waals surface area contributed by atoms with E-state index in [2.05, 4.69) is 35.3 Å². The standard InChI is InChI=1S/C19H21N3O/c1-14-6-4-8-16(10-14)18(22(2)3)13-21-19(23)17-9-5-7-15(11-17)12-20/h4-11,18H,13H2,1-3H3,(H,21,23)/t18-/m0/s1. The fraction of sp³-hybridized carbons (Fsp3) is 0.263. The number of hydrogen-bond acceptors (Lipinski definition) is 3. The molecule has 1 N–H and O–H groups in total. The summed E-state index contributed by atoms with van der Waals surface area (Å²) >= 11 is 0. The molecule has 2 aromatic rings. The van der Waals surface area contributed by atoms with Crippen molar-refractivity contribution in [2.45, 2.75) is 13.0 Å². The summed E-state index contributed by atoms with van der Waals surface area (Å²) in [4.78, 5) is 14.4. The Labute approximate surface area is 137 Å². The molecule has 0 aliphatic heterocycles. The molecule has 0 bridgehead atoms. The Morgan fingerprint density at radius 1 is 1.22 bits per heavy atom. The number of likely N-dealkylation sites (N-methyl/N-ethyl adjacent to an activating group) is 1. The van der Waals surface area contributed by atoms with Crippen LogP contribution in [0.2, 0.25) is 0 Å². The fourth-order valence-corrected chi connectivity index (χ4v) is 2.50. The van der Waals surface area contributed by atoms with Crippen molar-refractivity contribution in [3.63, 3.8) is 0 Å². The largest absolute Gasteiger partial charge is 0.350 e. The lowest BCUT2D eigenvalue weighted by molar-refractivity contribution is 0.0942. The molecule has 0 saturated heterocycles. The number of nitrogens with zero attached hydrogens (tertiary/aromatic N) is 2. The number of carbonyl (C=O) groups excluding carboxylic acids is 1. The van der Waals surface area contributed by atoms with E-state index in [9.17, 15) is 4.79 Å². The molecule has 0 fully saturated rings. The second-order valence-corrected chi connectivity index (χ2v) is 5.80. The zero-order valence-corrected chi connectivity index (χ0v) is 13.7. The molecule has 2 aromatic carbocycles. The van der Waals surface area contributed by atoms with Gasteiger partial charge in [0, 0.05) is 12.1 Å². The molecule has 4 nitrogen and oxygen atoms in total. The van der Waals surface area contributed by atoms with Gasteiger partial charge in [-0.25, -0.2) is 0 Å². The van der Waals surface area contributed by atoms with Gasteiger partial charge in [-0.05, 0) is 44.8 Å². The molecule has 1 atom stereocenters. The summed E-state index contributed by atoms with van der Waals surface area (Å²) in [6.07, 6.45) is 0. The predicted octanol–water partition coefficient (Wildman–Crippen LogP) is 2.90. The van der Waals surface area contributed by atoms with E-state index in [0.717, 1.165) is 0 Å². The normalized spacial score (nSPS) is 11.8. The third-order valence-electron chi connectivity index (χ3n) is 3.76. The van der Waals surface area contributed by atoms with Crippen LogP contribution < -0.4 is 5.32 Å². The molecule has 118 valence electrons. The van der Waals surface area contributed by atoms with Crippen LogP contribution in [0.25, 0.3) is 0 Å². The predicted molar refractivity (Wildman–Crippen MR) is 91.1 cm³/mol. The van der Waals surface area contributed by atoms with E-state index >= 15 is 0 Å². The second-order valence-electron chi connectivity index (χ2n) is 5.80. The summed E-state index contributed by atoms with van der Waals surface area (Å²) in [6, 6.07) is 17.2. The highest BCUT2D eigenvalue weighted by molar-refractivity contribution is 5.94. The minimum atomic E-state index is -0.165. The van der Waals surface area contributed by atoms with Crippen LogP contribution in [0.3, 0.4) is 0 Å². The third kappa shape index (κ3) is 4.41. The smallest absolute Gasteiger partial charge is 0.251 e. The van der Waals surface area contributed by atoms with Gasteiger partial charge in [-0.15, -0.1) is 0 Å². The summed E-state index contributed by atoms with van der Waals surface area (Å²) in [7, 11) is 3.99. The second kappa shape index (κ2) is 7.57. The SMILES string of the molecule is Cc1cccc([C@H](CNC(=O)c2cccc(C#N)c2)N(C)C)c1. The van der Waals surface area contributed by atoms with Crippen LogP contribution in [-0.4, -0.2) is 31.4 Å². The molecule has 4 heteroatoms. The van der Waals surface area contributed by atoms with Gasteiger partial charge in [0.2, 0.25) is 0 Å². The molecule has 0 aliphatic carbocycles. The number of amides is 1. The zero-order valence-electron chi connectivity index (χ0n) is 13.7. The molecule has 1 amide bonds. The summed E-state index contributed by atoms with van der Waals surface area (Å²) in [6.45, 7) is 2.56. The van der Waals surface area contributed by atoms with Crippen molar-refractivity contribution in [2.75, 3.05) is 20.6 Å². The Morgan fingerprint density at radius 2 is 1.96 bits per heavy atom. The van der Waals surface area contributed by atoms with Crippen LogP contribution in [0.5, 0.6) is 0 Å². The lowest BCUT2D eigenvalue weighted by atomic mass is 10.0. The first-order chi connectivity index (χ1) is 11.0. The van der Waals surface area contributed by atoms with Crippen molar-refractivity contribution in [1.82, 2.24) is 10.2 Å². The van der Waals surface area contributed by atoms with E-state index < -0.39 is 0 Å². The van der Waals surface area contributed by atoms with Gasteiger partial charge >= 0.3 is 0 Å². The first-order valence-corrected chi connectivity index (χ1v) is 7.52. The zero-order chi connectivity index (χ0) is 16.8. The van der Waals surface area contributed by atoms with Crippen LogP contribution in [-0.2, 0) is 0 Å². The van der Waals surface area contributed by atoms with Crippen molar-refractivity contribution in [3.8, 4) is 6.07 Å². The topological polar surface area (TPSA) is 56.1 Å². The lowest BCUT2D eigenvalue weighted by Crippen LogP contribution is -2.34. The van der Waals surface area contributed by atoms with Crippen molar-refractivity contribution < 1.29 is 4.79 Å². The van der Waals surface area contributed by atoms with Crippen LogP contribution in [0.1, 0.15) is 33.1 Å². The average Bonchev–Trinajstić information content (AvgIpc) is 2.54. The number of benzene rings is 2. The Morgan fingerprint density at radius 3 is 2.61 bits per heavy atom. The van der Waals surface area contributed by atoms with E-state index in [1.165, 1.54) is 11.1 Å². The number of hydrogen-bond donors (Lipinski definition) is 1. The Kier molecular flexibility index (Phi) is 5.51. The first-order valence-electron chi connectivity index (χ1n) is 7.52. The highest BCUT2D eigenvalue weighted by Gasteiger charge is 2.16. The van der Waals surface area contributed by atoms with Crippen molar-refractivity contribution in [2.24, 2.45) is 0 Å². The molecular formula is C19H21N3O. The summed E-state index contributed by atoms with van der Waals surface area (Å²) in [5.41, 5.74) is 3.36. The highest BCUT2D eigenvalue weighted by Crippen LogP contribution is 2.18. The maximum absolute atomic E-state index is 12.3. The number of rotatable bonds is 5. The number of nitriles is 1. The maximum atomic E-state index is 12.3. The summed E-state index contributed by atoms with van der Waals surface area (Å²) in [5, 5.41) is 11.9. The number of nitrogens with one attached hydrogen (secondary N) is 1. The first kappa shape index (κ1) is 16.7. The van der Waals surface area contributed by atoms with E-state index in [1.54, 1.807) is 24.3 Å². The summed E-state index contributed by atoms with van der Waals surface area (Å²) < 4.78 is 0. The third-order valence-corrected chi connectivity index (χ3v) is 3.76. The van der Waals surface area contributed by atoms with Gasteiger partial charge in [0.25, 0.3) is 5.91 Å². The molecule has 0 heterocycles. The Balaban J connectivity index is 2.10. The molecule has 0 spiro atoms. The average molecular weight is 307 g/mol. The van der Waals surface area contributed by atoms with Crippen molar-refractivity contribution in [1.29, 1.82) is 5.26 Å². The van der Waals surface area contributed by atoms with Crippen molar-refractivity contribution in [3.05, 3.63) is 70.8 Å². The monoisotopic (exact) mass is 307 g/mol. The molecule has 0 radical (unpaired) electrons. The van der Waals surface area contributed by atoms with Gasteiger partial charge < -0.3 is 10.2 Å². The van der Waals surface area contributed by atoms with Crippen LogP contribution >= 0.6 is 0 Å². The number of carbonyl (C=O) groups is 1. The Bertz CT molecular complexity index is 731. The molecule has 2 rings (SSSR count). The van der Waals surface area contributed by atoms with Crippen LogP contribution in [0.15, 0.2) is 48.5 Å². The maximum Gasteiger partial charge on any atom is 0.251 e. The van der Waals surface area contributed by atoms with Gasteiger partial charge in [-0.2, -0.15) is 5.26 Å². The number of aryl methyl sites for hydroxylation is 1. The van der Waals surface area contributed by atoms with E-state index in [0.29, 0.717) is 17.7 Å². The molecule has 0 unspecified atom stereocenters. The van der Waals surface area contributed by atoms with Gasteiger partial charge in [0.05, 0.1) is 17.7 Å². The van der Waals surface area contributed by atoms with Crippen LogP contribution in [0.4, 0.5) is 0 Å². The van der Waals surface area contributed by atoms with Crippen LogP contribution in [0, 0.1) is 18.3 Å². The Hall–Kier alpha value is -2.64. The minimum Gasteiger partial charge on any atom is -0.350 e. The van der Waals surface area contributed by atoms with Gasteiger partial charge in [-0.3, -0.25) is 4.79 Å². The molecule has 23 heavy (non-hydrogen) atoms. The van der Waals surface area contributed by atoms with Gasteiger partial charge in [0.15, 0.2) is 0 Å². The van der Waals surface area contributed by atoms with E-state index in [1.807, 2.05) is 26.2 Å². The van der Waals surface area contributed by atoms with E-state index in [-0.39, 0.29) is 11.9 Å². The molecule has 0 aliphatic rings. The van der Waals surface area contributed by atoms with Crippen molar-refractivity contribution >= 4 is 5.91 Å².